The minimum Gasteiger partial charge on any atom is -0.383 e. The number of hydrogen-bond acceptors (Lipinski definition) is 2. The minimum atomic E-state index is -0.777. The van der Waals surface area contributed by atoms with Gasteiger partial charge in [0.15, 0.2) is 0 Å². The Morgan fingerprint density at radius 1 is 1.38 bits per heavy atom. The van der Waals surface area contributed by atoms with Crippen molar-refractivity contribution in [1.29, 1.82) is 0 Å². The van der Waals surface area contributed by atoms with Gasteiger partial charge in [0.1, 0.15) is 6.10 Å². The van der Waals surface area contributed by atoms with E-state index in [9.17, 15) is 9.90 Å². The van der Waals surface area contributed by atoms with Crippen LogP contribution >= 0.6 is 11.6 Å². The van der Waals surface area contributed by atoms with Crippen LogP contribution in [0.3, 0.4) is 0 Å². The summed E-state index contributed by atoms with van der Waals surface area (Å²) in [7, 11) is 0. The van der Waals surface area contributed by atoms with E-state index >= 15 is 0 Å². The summed E-state index contributed by atoms with van der Waals surface area (Å²) in [5, 5.41) is 10.7. The van der Waals surface area contributed by atoms with Gasteiger partial charge in [-0.1, -0.05) is 30.7 Å². The van der Waals surface area contributed by atoms with Gasteiger partial charge in [0, 0.05) is 18.1 Å². The number of aliphatic hydroxyl groups excluding tert-OH is 1. The molecule has 0 spiro atoms. The van der Waals surface area contributed by atoms with Crippen molar-refractivity contribution in [2.45, 2.75) is 44.1 Å². The average Bonchev–Trinajstić information content (AvgIpc) is 3.31. The SMILES string of the molecule is CC1(c2cccc(Cl)c2)CCN(C(=O)C(O)C2CC2)CC1. The zero-order valence-corrected chi connectivity index (χ0v) is 13.1. The molecular formula is C17H22ClNO2. The van der Waals surface area contributed by atoms with Crippen molar-refractivity contribution in [1.82, 2.24) is 4.90 Å². The van der Waals surface area contributed by atoms with Crippen LogP contribution in [0.4, 0.5) is 0 Å². The molecule has 3 rings (SSSR count). The van der Waals surface area contributed by atoms with E-state index < -0.39 is 6.10 Å². The molecule has 4 heteroatoms. The van der Waals surface area contributed by atoms with Crippen molar-refractivity contribution in [3.8, 4) is 0 Å². The third kappa shape index (κ3) is 3.09. The van der Waals surface area contributed by atoms with Gasteiger partial charge < -0.3 is 10.0 Å². The minimum absolute atomic E-state index is 0.0617. The number of halogens is 1. The Bertz CT molecular complexity index is 533. The lowest BCUT2D eigenvalue weighted by atomic mass is 9.74. The van der Waals surface area contributed by atoms with Crippen LogP contribution in [0.25, 0.3) is 0 Å². The molecule has 1 atom stereocenters. The van der Waals surface area contributed by atoms with E-state index in [1.54, 1.807) is 0 Å². The lowest BCUT2D eigenvalue weighted by molar-refractivity contribution is -0.142. The summed E-state index contributed by atoms with van der Waals surface area (Å²) in [4.78, 5) is 14.1. The van der Waals surface area contributed by atoms with Gasteiger partial charge in [0.25, 0.3) is 5.91 Å². The van der Waals surface area contributed by atoms with E-state index in [0.717, 1.165) is 30.7 Å². The molecule has 1 aromatic carbocycles. The number of aliphatic hydroxyl groups is 1. The van der Waals surface area contributed by atoms with Crippen LogP contribution in [-0.4, -0.2) is 35.1 Å². The van der Waals surface area contributed by atoms with Crippen LogP contribution in [0.5, 0.6) is 0 Å². The van der Waals surface area contributed by atoms with E-state index in [1.807, 2.05) is 23.1 Å². The molecule has 1 aliphatic heterocycles. The van der Waals surface area contributed by atoms with E-state index in [0.29, 0.717) is 13.1 Å². The molecule has 1 saturated heterocycles. The first kappa shape index (κ1) is 14.9. The number of carbonyl (C=O) groups excluding carboxylic acids is 1. The van der Waals surface area contributed by atoms with Crippen LogP contribution < -0.4 is 0 Å². The molecule has 2 aliphatic rings. The monoisotopic (exact) mass is 307 g/mol. The predicted molar refractivity (Wildman–Crippen MR) is 83.3 cm³/mol. The van der Waals surface area contributed by atoms with Gasteiger partial charge >= 0.3 is 0 Å². The fourth-order valence-electron chi connectivity index (χ4n) is 3.17. The summed E-state index contributed by atoms with van der Waals surface area (Å²) >= 11 is 6.09. The number of likely N-dealkylation sites (tertiary alicyclic amines) is 1. The van der Waals surface area contributed by atoms with Crippen molar-refractivity contribution in [3.63, 3.8) is 0 Å². The quantitative estimate of drug-likeness (QED) is 0.932. The van der Waals surface area contributed by atoms with Gasteiger partial charge in [-0.25, -0.2) is 0 Å². The van der Waals surface area contributed by atoms with Crippen LogP contribution in [0.1, 0.15) is 38.2 Å². The average molecular weight is 308 g/mol. The summed E-state index contributed by atoms with van der Waals surface area (Å²) in [6.45, 7) is 3.66. The molecular weight excluding hydrogens is 286 g/mol. The van der Waals surface area contributed by atoms with Gasteiger partial charge in [0.2, 0.25) is 0 Å². The van der Waals surface area contributed by atoms with Crippen molar-refractivity contribution in [3.05, 3.63) is 34.9 Å². The van der Waals surface area contributed by atoms with Crippen molar-refractivity contribution >= 4 is 17.5 Å². The van der Waals surface area contributed by atoms with Gasteiger partial charge in [-0.05, 0) is 54.7 Å². The van der Waals surface area contributed by atoms with Crippen molar-refractivity contribution in [2.24, 2.45) is 5.92 Å². The summed E-state index contributed by atoms with van der Waals surface area (Å²) in [5.41, 5.74) is 1.30. The summed E-state index contributed by atoms with van der Waals surface area (Å²) < 4.78 is 0. The molecule has 3 nitrogen and oxygen atoms in total. The molecule has 1 unspecified atom stereocenters. The highest BCUT2D eigenvalue weighted by Crippen LogP contribution is 2.38. The van der Waals surface area contributed by atoms with Gasteiger partial charge in [0.05, 0.1) is 0 Å². The first-order valence-electron chi connectivity index (χ1n) is 7.72. The molecule has 0 bridgehead atoms. The molecule has 2 fully saturated rings. The third-order valence-corrected chi connectivity index (χ3v) is 5.26. The second-order valence-electron chi connectivity index (χ2n) is 6.68. The molecule has 21 heavy (non-hydrogen) atoms. The second kappa shape index (κ2) is 5.62. The molecule has 1 amide bonds. The number of benzene rings is 1. The number of nitrogens with zero attached hydrogens (tertiary/aromatic N) is 1. The van der Waals surface area contributed by atoms with Crippen LogP contribution in [0, 0.1) is 5.92 Å². The molecule has 1 saturated carbocycles. The zero-order chi connectivity index (χ0) is 15.0. The summed E-state index contributed by atoms with van der Waals surface area (Å²) in [6, 6.07) is 8.01. The molecule has 0 radical (unpaired) electrons. The lowest BCUT2D eigenvalue weighted by Gasteiger charge is -2.40. The molecule has 1 heterocycles. The van der Waals surface area contributed by atoms with Gasteiger partial charge in [-0.15, -0.1) is 0 Å². The Labute approximate surface area is 130 Å². The van der Waals surface area contributed by atoms with Gasteiger partial charge in [-0.2, -0.15) is 0 Å². The normalized spacial score (nSPS) is 22.9. The fraction of sp³-hybridized carbons (Fsp3) is 0.588. The first-order chi connectivity index (χ1) is 9.99. The topological polar surface area (TPSA) is 40.5 Å². The van der Waals surface area contributed by atoms with Crippen LogP contribution in [0.15, 0.2) is 24.3 Å². The number of amides is 1. The van der Waals surface area contributed by atoms with E-state index in [1.165, 1.54) is 5.56 Å². The molecule has 114 valence electrons. The second-order valence-corrected chi connectivity index (χ2v) is 7.11. The first-order valence-corrected chi connectivity index (χ1v) is 8.10. The zero-order valence-electron chi connectivity index (χ0n) is 12.4. The van der Waals surface area contributed by atoms with Crippen molar-refractivity contribution in [2.75, 3.05) is 13.1 Å². The summed E-state index contributed by atoms with van der Waals surface area (Å²) in [6.07, 6.45) is 3.02. The molecule has 0 aromatic heterocycles. The lowest BCUT2D eigenvalue weighted by Crippen LogP contribution is -2.48. The Hall–Kier alpha value is -1.06. The predicted octanol–water partition coefficient (Wildman–Crippen LogP) is 2.99. The maximum absolute atomic E-state index is 12.2. The molecule has 1 N–H and O–H groups in total. The van der Waals surface area contributed by atoms with E-state index in [2.05, 4.69) is 13.0 Å². The van der Waals surface area contributed by atoms with E-state index in [-0.39, 0.29) is 17.2 Å². The molecule has 1 aliphatic carbocycles. The highest BCUT2D eigenvalue weighted by atomic mass is 35.5. The van der Waals surface area contributed by atoms with Crippen LogP contribution in [-0.2, 0) is 10.2 Å². The van der Waals surface area contributed by atoms with Gasteiger partial charge in [-0.3, -0.25) is 4.79 Å². The number of carbonyl (C=O) groups is 1. The maximum atomic E-state index is 12.2. The largest absolute Gasteiger partial charge is 0.383 e. The smallest absolute Gasteiger partial charge is 0.251 e. The van der Waals surface area contributed by atoms with E-state index in [4.69, 9.17) is 11.6 Å². The Balaban J connectivity index is 1.65. The Kier molecular flexibility index (Phi) is 3.98. The highest BCUT2D eigenvalue weighted by molar-refractivity contribution is 6.30. The number of piperidine rings is 1. The van der Waals surface area contributed by atoms with Crippen molar-refractivity contribution < 1.29 is 9.90 Å². The number of rotatable bonds is 3. The fourth-order valence-corrected chi connectivity index (χ4v) is 3.36. The third-order valence-electron chi connectivity index (χ3n) is 5.02. The standard InChI is InChI=1S/C17H22ClNO2/c1-17(13-3-2-4-14(18)11-13)7-9-19(10-8-17)16(21)15(20)12-5-6-12/h2-4,11-12,15,20H,5-10H2,1H3. The maximum Gasteiger partial charge on any atom is 0.251 e. The number of hydrogen-bond donors (Lipinski definition) is 1. The Morgan fingerprint density at radius 2 is 2.05 bits per heavy atom. The van der Waals surface area contributed by atoms with Crippen LogP contribution in [0.2, 0.25) is 5.02 Å². The summed E-state index contributed by atoms with van der Waals surface area (Å²) in [5.74, 6) is 0.129. The highest BCUT2D eigenvalue weighted by Gasteiger charge is 2.39. The Morgan fingerprint density at radius 3 is 2.62 bits per heavy atom. The molecule has 1 aromatic rings.